The number of fused-ring (bicyclic) bond motifs is 24. The lowest BCUT2D eigenvalue weighted by atomic mass is 9.92. The summed E-state index contributed by atoms with van der Waals surface area (Å²) in [5, 5.41) is 26.2. The second-order valence-corrected chi connectivity index (χ2v) is 28.6. The highest BCUT2D eigenvalue weighted by Gasteiger charge is 2.35. The summed E-state index contributed by atoms with van der Waals surface area (Å²) in [6, 6.07) is 104. The third kappa shape index (κ3) is 7.97. The molecule has 0 aliphatic rings. The number of hydrogen-bond donors (Lipinski definition) is 0. The molecule has 10 heteroatoms. The van der Waals surface area contributed by atoms with E-state index in [1.807, 2.05) is 0 Å². The minimum atomic E-state index is -0.460. The van der Waals surface area contributed by atoms with E-state index in [9.17, 15) is 5.26 Å². The average molecular weight is 1290 g/mol. The molecule has 100 heavy (non-hydrogen) atoms. The lowest BCUT2D eigenvalue weighted by Gasteiger charge is -2.23. The van der Waals surface area contributed by atoms with E-state index in [0.29, 0.717) is 34.4 Å². The Morgan fingerprint density at radius 2 is 0.490 bits per heavy atom. The van der Waals surface area contributed by atoms with Gasteiger partial charge in [0, 0.05) is 104 Å². The van der Waals surface area contributed by atoms with Crippen molar-refractivity contribution >= 4 is 131 Å². The SMILES string of the molecule is CC(C)(C)c1nc(-c2cc(-n3c4ccccc4c4c5c(c6ccccc6n5-c5ccccc5)c5c(c6ccccc6n5-c5ccccc5)c43)c(C#N)c(-n3c4ccccc4c4c5c(c6ccccc6n5-c5ccccc5)c5c(c6ccccc6n5-c5ccccc5)c43)c2)nc(C(C)(C)C)n1. The molecule has 13 aromatic carbocycles. The van der Waals surface area contributed by atoms with Crippen molar-refractivity contribution in [2.24, 2.45) is 0 Å². The summed E-state index contributed by atoms with van der Waals surface area (Å²) in [6.07, 6.45) is 0. The van der Waals surface area contributed by atoms with E-state index in [0.717, 1.165) is 159 Å². The largest absolute Gasteiger partial charge is 0.308 e. The molecule has 7 aromatic heterocycles. The number of aromatic nitrogens is 9. The van der Waals surface area contributed by atoms with Crippen LogP contribution in [0.3, 0.4) is 0 Å². The molecule has 0 aliphatic carbocycles. The van der Waals surface area contributed by atoms with Gasteiger partial charge in [-0.15, -0.1) is 0 Å². The number of nitrogens with zero attached hydrogens (tertiary/aromatic N) is 10. The molecule has 20 rings (SSSR count). The van der Waals surface area contributed by atoms with E-state index >= 15 is 0 Å². The van der Waals surface area contributed by atoms with Gasteiger partial charge in [-0.3, -0.25) is 0 Å². The Morgan fingerprint density at radius 3 is 0.730 bits per heavy atom. The van der Waals surface area contributed by atoms with E-state index in [1.165, 1.54) is 0 Å². The molecule has 0 fully saturated rings. The van der Waals surface area contributed by atoms with Gasteiger partial charge in [0.05, 0.1) is 77.6 Å². The first kappa shape index (κ1) is 57.4. The maximum Gasteiger partial charge on any atom is 0.163 e. The fraction of sp³-hybridized carbons (Fsp3) is 0.0889. The Kier molecular flexibility index (Phi) is 12.1. The van der Waals surface area contributed by atoms with Gasteiger partial charge in [0.1, 0.15) is 23.3 Å². The highest BCUT2D eigenvalue weighted by atomic mass is 15.1. The van der Waals surface area contributed by atoms with Crippen LogP contribution in [-0.4, -0.2) is 42.4 Å². The average Bonchev–Trinajstić information content (AvgIpc) is 1.51. The van der Waals surface area contributed by atoms with Gasteiger partial charge >= 0.3 is 0 Å². The van der Waals surface area contributed by atoms with Gasteiger partial charge in [-0.25, -0.2) is 15.0 Å². The van der Waals surface area contributed by atoms with E-state index in [1.54, 1.807) is 0 Å². The zero-order chi connectivity index (χ0) is 67.0. The minimum absolute atomic E-state index is 0.460. The summed E-state index contributed by atoms with van der Waals surface area (Å²) in [4.78, 5) is 16.4. The molecule has 0 spiro atoms. The van der Waals surface area contributed by atoms with Crippen molar-refractivity contribution < 1.29 is 0 Å². The standard InChI is InChI=1S/C90H64N10/c1-89(2,3)87-92-86(93-88(94-87)90(4,5)6)54-51-72(99-70-49-29-23-43-63(70)78-82-74(59-39-19-25-45-66(59)95(82)55-31-11-7-12-32-55)80-76(84(78)99)61-41-21-27-47-68(61)97(80)57-35-15-9-16-36-57)65(53-91)73(52-54)100-71-50-30-24-44-64(71)79-83-75(60-40-20-26-46-67(60)96(83)56-33-13-8-14-34-56)81-77(85(79)100)62-42-22-28-48-69(62)98(81)58-37-17-10-18-38-58/h7-52H,1-6H3. The summed E-state index contributed by atoms with van der Waals surface area (Å²) < 4.78 is 14.8. The lowest BCUT2D eigenvalue weighted by molar-refractivity contribution is 0.497. The molecule has 0 unspecified atom stereocenters. The number of rotatable bonds is 7. The van der Waals surface area contributed by atoms with Crippen molar-refractivity contribution in [2.45, 2.75) is 52.4 Å². The van der Waals surface area contributed by atoms with Crippen LogP contribution in [0.25, 0.3) is 176 Å². The Morgan fingerprint density at radius 1 is 0.270 bits per heavy atom. The Bertz CT molecular complexity index is 6350. The maximum atomic E-state index is 13.1. The van der Waals surface area contributed by atoms with Crippen LogP contribution in [0.2, 0.25) is 0 Å². The second kappa shape index (κ2) is 21.1. The van der Waals surface area contributed by atoms with Gasteiger partial charge in [-0.1, -0.05) is 224 Å². The molecule has 7 heterocycles. The molecule has 10 nitrogen and oxygen atoms in total. The summed E-state index contributed by atoms with van der Waals surface area (Å²) in [6.45, 7) is 13.0. The summed E-state index contributed by atoms with van der Waals surface area (Å²) in [5.41, 5.74) is 18.3. The molecular formula is C90H64N10. The predicted octanol–water partition coefficient (Wildman–Crippen LogP) is 22.6. The van der Waals surface area contributed by atoms with Gasteiger partial charge in [-0.2, -0.15) is 5.26 Å². The first-order valence-corrected chi connectivity index (χ1v) is 34.4. The molecule has 0 N–H and O–H groups in total. The Labute approximate surface area is 575 Å². The predicted molar refractivity (Wildman–Crippen MR) is 413 cm³/mol. The van der Waals surface area contributed by atoms with Crippen LogP contribution in [0.15, 0.2) is 279 Å². The van der Waals surface area contributed by atoms with Crippen LogP contribution in [0.1, 0.15) is 58.8 Å². The topological polar surface area (TPSA) is 92.0 Å². The third-order valence-electron chi connectivity index (χ3n) is 20.7. The van der Waals surface area contributed by atoms with Crippen molar-refractivity contribution in [1.82, 2.24) is 42.4 Å². The third-order valence-corrected chi connectivity index (χ3v) is 20.7. The van der Waals surface area contributed by atoms with Crippen LogP contribution >= 0.6 is 0 Å². The van der Waals surface area contributed by atoms with Crippen LogP contribution in [0, 0.1) is 11.3 Å². The van der Waals surface area contributed by atoms with Crippen LogP contribution in [0.5, 0.6) is 0 Å². The Balaban J connectivity index is 1.06. The molecule has 0 atom stereocenters. The maximum absolute atomic E-state index is 13.1. The first-order valence-electron chi connectivity index (χ1n) is 34.4. The molecule has 0 bridgehead atoms. The zero-order valence-electron chi connectivity index (χ0n) is 56.0. The highest BCUT2D eigenvalue weighted by Crippen LogP contribution is 2.54. The molecule has 0 saturated carbocycles. The fourth-order valence-corrected chi connectivity index (χ4v) is 16.6. The molecule has 0 saturated heterocycles. The monoisotopic (exact) mass is 1280 g/mol. The van der Waals surface area contributed by atoms with Gasteiger partial charge in [-0.05, 0) is 97.1 Å². The van der Waals surface area contributed by atoms with E-state index in [-0.39, 0.29) is 0 Å². The smallest absolute Gasteiger partial charge is 0.163 e. The van der Waals surface area contributed by atoms with Gasteiger partial charge in [0.25, 0.3) is 0 Å². The zero-order valence-corrected chi connectivity index (χ0v) is 56.0. The molecule has 0 aliphatic heterocycles. The van der Waals surface area contributed by atoms with E-state index < -0.39 is 10.8 Å². The van der Waals surface area contributed by atoms with Crippen LogP contribution in [-0.2, 0) is 10.8 Å². The number of benzene rings is 13. The van der Waals surface area contributed by atoms with Crippen LogP contribution < -0.4 is 0 Å². The molecule has 474 valence electrons. The normalized spacial score (nSPS) is 12.5. The van der Waals surface area contributed by atoms with E-state index in [4.69, 9.17) is 15.0 Å². The van der Waals surface area contributed by atoms with E-state index in [2.05, 4.69) is 354 Å². The molecule has 0 amide bonds. The van der Waals surface area contributed by atoms with Crippen molar-refractivity contribution in [3.63, 3.8) is 0 Å². The number of para-hydroxylation sites is 10. The number of hydrogen-bond acceptors (Lipinski definition) is 4. The number of nitriles is 1. The molecular weight excluding hydrogens is 1220 g/mol. The van der Waals surface area contributed by atoms with Gasteiger partial charge in [0.15, 0.2) is 5.82 Å². The lowest BCUT2D eigenvalue weighted by Crippen LogP contribution is -2.24. The summed E-state index contributed by atoms with van der Waals surface area (Å²) >= 11 is 0. The quantitative estimate of drug-likeness (QED) is 0.159. The second-order valence-electron chi connectivity index (χ2n) is 28.6. The van der Waals surface area contributed by atoms with Crippen molar-refractivity contribution in [3.8, 4) is 51.6 Å². The van der Waals surface area contributed by atoms with Gasteiger partial charge < -0.3 is 27.4 Å². The van der Waals surface area contributed by atoms with Crippen molar-refractivity contribution in [3.05, 3.63) is 296 Å². The van der Waals surface area contributed by atoms with Crippen molar-refractivity contribution in [2.75, 3.05) is 0 Å². The summed E-state index contributed by atoms with van der Waals surface area (Å²) in [7, 11) is 0. The fourth-order valence-electron chi connectivity index (χ4n) is 16.6. The summed E-state index contributed by atoms with van der Waals surface area (Å²) in [5.74, 6) is 1.89. The molecule has 20 aromatic rings. The highest BCUT2D eigenvalue weighted by molar-refractivity contribution is 6.42. The van der Waals surface area contributed by atoms with Crippen molar-refractivity contribution in [1.29, 1.82) is 5.26 Å². The van der Waals surface area contributed by atoms with Crippen LogP contribution in [0.4, 0.5) is 0 Å². The Hall–Kier alpha value is -12.8. The molecule has 0 radical (unpaired) electrons. The van der Waals surface area contributed by atoms with Gasteiger partial charge in [0.2, 0.25) is 0 Å². The first-order chi connectivity index (χ1) is 48.9. The minimum Gasteiger partial charge on any atom is -0.308 e.